The van der Waals surface area contributed by atoms with Crippen molar-refractivity contribution in [2.24, 2.45) is 0 Å². The molecule has 0 amide bonds. The molecule has 0 bridgehead atoms. The molecular weight excluding hydrogens is 208 g/mol. The third kappa shape index (κ3) is 2.05. The predicted molar refractivity (Wildman–Crippen MR) is 57.4 cm³/mol. The van der Waals surface area contributed by atoms with E-state index in [0.29, 0.717) is 23.5 Å². The fourth-order valence-electron chi connectivity index (χ4n) is 1.25. The number of esters is 1. The number of ether oxygens (including phenoxy) is 1. The van der Waals surface area contributed by atoms with Gasteiger partial charge in [0.2, 0.25) is 0 Å². The number of rotatable bonds is 3. The molecule has 0 radical (unpaired) electrons. The Labute approximate surface area is 91.4 Å². The van der Waals surface area contributed by atoms with Gasteiger partial charge in [-0.15, -0.1) is 0 Å². The number of carbonyl (C=O) groups is 1. The van der Waals surface area contributed by atoms with Crippen molar-refractivity contribution >= 4 is 23.2 Å². The lowest BCUT2D eigenvalue weighted by Gasteiger charge is -1.95. The van der Waals surface area contributed by atoms with Gasteiger partial charge in [0.1, 0.15) is 11.8 Å². The minimum atomic E-state index is -0.395. The summed E-state index contributed by atoms with van der Waals surface area (Å²) in [5.41, 5.74) is 1.87. The lowest BCUT2D eigenvalue weighted by molar-refractivity contribution is -0.137. The molecular formula is C10H10N4O2. The highest BCUT2D eigenvalue weighted by Crippen LogP contribution is 2.10. The zero-order valence-electron chi connectivity index (χ0n) is 8.67. The number of H-pyrrole nitrogens is 1. The third-order valence-corrected chi connectivity index (χ3v) is 1.92. The van der Waals surface area contributed by atoms with Gasteiger partial charge < -0.3 is 9.72 Å². The molecule has 0 aliphatic heterocycles. The first-order valence-electron chi connectivity index (χ1n) is 4.80. The van der Waals surface area contributed by atoms with Crippen LogP contribution in [0.1, 0.15) is 12.6 Å². The van der Waals surface area contributed by atoms with Crippen molar-refractivity contribution in [3.8, 4) is 0 Å². The molecule has 1 N–H and O–H groups in total. The number of aromatic amines is 1. The fraction of sp³-hybridized carbons (Fsp3) is 0.200. The van der Waals surface area contributed by atoms with Gasteiger partial charge in [-0.05, 0) is 13.0 Å². The van der Waals surface area contributed by atoms with Gasteiger partial charge in [-0.25, -0.2) is 19.7 Å². The highest BCUT2D eigenvalue weighted by molar-refractivity contribution is 5.89. The number of hydrogen-bond donors (Lipinski definition) is 1. The summed E-state index contributed by atoms with van der Waals surface area (Å²) in [6.45, 7) is 2.11. The Morgan fingerprint density at radius 2 is 2.38 bits per heavy atom. The van der Waals surface area contributed by atoms with Crippen LogP contribution in [0.3, 0.4) is 0 Å². The van der Waals surface area contributed by atoms with E-state index in [0.717, 1.165) is 0 Å². The second-order valence-corrected chi connectivity index (χ2v) is 2.95. The zero-order valence-corrected chi connectivity index (χ0v) is 8.67. The standard InChI is InChI=1S/C10H10N4O2/c1-2-16-8(15)4-3-7-9-10(13-5-11-7)14-6-12-9/h3-6H,2H2,1H3,(H,11,12,13,14). The van der Waals surface area contributed by atoms with E-state index in [9.17, 15) is 4.79 Å². The molecule has 0 aliphatic carbocycles. The third-order valence-electron chi connectivity index (χ3n) is 1.92. The second-order valence-electron chi connectivity index (χ2n) is 2.95. The SMILES string of the molecule is CCOC(=O)C=Cc1ncnc2nc[nH]c12. The summed E-state index contributed by atoms with van der Waals surface area (Å²) in [7, 11) is 0. The van der Waals surface area contributed by atoms with E-state index in [1.807, 2.05) is 0 Å². The van der Waals surface area contributed by atoms with E-state index in [1.165, 1.54) is 18.7 Å². The highest BCUT2D eigenvalue weighted by atomic mass is 16.5. The van der Waals surface area contributed by atoms with Crippen LogP contribution in [0, 0.1) is 0 Å². The summed E-state index contributed by atoms with van der Waals surface area (Å²) in [5, 5.41) is 0. The second kappa shape index (κ2) is 4.52. The van der Waals surface area contributed by atoms with E-state index in [-0.39, 0.29) is 0 Å². The first kappa shape index (κ1) is 10.3. The molecule has 6 nitrogen and oxygen atoms in total. The van der Waals surface area contributed by atoms with Crippen LogP contribution in [-0.2, 0) is 9.53 Å². The van der Waals surface area contributed by atoms with Crippen LogP contribution in [-0.4, -0.2) is 32.5 Å². The van der Waals surface area contributed by atoms with Gasteiger partial charge in [0.25, 0.3) is 0 Å². The van der Waals surface area contributed by atoms with Crippen molar-refractivity contribution in [3.05, 3.63) is 24.4 Å². The normalized spacial score (nSPS) is 11.1. The van der Waals surface area contributed by atoms with Crippen molar-refractivity contribution in [2.75, 3.05) is 6.61 Å². The minimum absolute atomic E-state index is 0.354. The predicted octanol–water partition coefficient (Wildman–Crippen LogP) is 0.929. The van der Waals surface area contributed by atoms with Gasteiger partial charge in [-0.1, -0.05) is 0 Å². The van der Waals surface area contributed by atoms with E-state index in [4.69, 9.17) is 4.74 Å². The number of carbonyl (C=O) groups excluding carboxylic acids is 1. The van der Waals surface area contributed by atoms with Gasteiger partial charge in [-0.3, -0.25) is 0 Å². The van der Waals surface area contributed by atoms with Crippen molar-refractivity contribution < 1.29 is 9.53 Å². The van der Waals surface area contributed by atoms with Gasteiger partial charge in [0.05, 0.1) is 18.6 Å². The highest BCUT2D eigenvalue weighted by Gasteiger charge is 2.03. The molecule has 0 aliphatic rings. The van der Waals surface area contributed by atoms with Crippen LogP contribution in [0.5, 0.6) is 0 Å². The number of fused-ring (bicyclic) bond motifs is 1. The quantitative estimate of drug-likeness (QED) is 0.612. The van der Waals surface area contributed by atoms with Crippen molar-refractivity contribution in [1.82, 2.24) is 19.9 Å². The Kier molecular flexibility index (Phi) is 2.90. The smallest absolute Gasteiger partial charge is 0.330 e. The van der Waals surface area contributed by atoms with E-state index in [1.54, 1.807) is 13.0 Å². The maximum atomic E-state index is 11.1. The summed E-state index contributed by atoms with van der Waals surface area (Å²) in [6, 6.07) is 0. The largest absolute Gasteiger partial charge is 0.463 e. The monoisotopic (exact) mass is 218 g/mol. The average Bonchev–Trinajstić information content (AvgIpc) is 2.75. The van der Waals surface area contributed by atoms with Crippen LogP contribution < -0.4 is 0 Å². The zero-order chi connectivity index (χ0) is 11.4. The van der Waals surface area contributed by atoms with Gasteiger partial charge >= 0.3 is 5.97 Å². The Bertz CT molecular complexity index is 532. The number of hydrogen-bond acceptors (Lipinski definition) is 5. The number of nitrogens with one attached hydrogen (secondary N) is 1. The van der Waals surface area contributed by atoms with Crippen LogP contribution >= 0.6 is 0 Å². The first-order chi connectivity index (χ1) is 7.81. The van der Waals surface area contributed by atoms with Crippen molar-refractivity contribution in [1.29, 1.82) is 0 Å². The minimum Gasteiger partial charge on any atom is -0.463 e. The molecule has 0 unspecified atom stereocenters. The topological polar surface area (TPSA) is 80.8 Å². The van der Waals surface area contributed by atoms with E-state index in [2.05, 4.69) is 19.9 Å². The molecule has 6 heteroatoms. The molecule has 16 heavy (non-hydrogen) atoms. The van der Waals surface area contributed by atoms with Crippen LogP contribution in [0.4, 0.5) is 0 Å². The Hall–Kier alpha value is -2.24. The van der Waals surface area contributed by atoms with Gasteiger partial charge in [0.15, 0.2) is 5.65 Å². The summed E-state index contributed by atoms with van der Waals surface area (Å²) < 4.78 is 4.76. The molecule has 2 aromatic rings. The molecule has 82 valence electrons. The maximum Gasteiger partial charge on any atom is 0.330 e. The van der Waals surface area contributed by atoms with Crippen LogP contribution in [0.2, 0.25) is 0 Å². The molecule has 0 fully saturated rings. The van der Waals surface area contributed by atoms with E-state index < -0.39 is 5.97 Å². The molecule has 0 saturated carbocycles. The molecule has 0 aromatic carbocycles. The Morgan fingerprint density at radius 3 is 3.19 bits per heavy atom. The lowest BCUT2D eigenvalue weighted by atomic mass is 10.3. The van der Waals surface area contributed by atoms with Crippen molar-refractivity contribution in [3.63, 3.8) is 0 Å². The van der Waals surface area contributed by atoms with Crippen LogP contribution in [0.25, 0.3) is 17.2 Å². The molecule has 2 rings (SSSR count). The van der Waals surface area contributed by atoms with Crippen molar-refractivity contribution in [2.45, 2.75) is 6.92 Å². The molecule has 0 spiro atoms. The fourth-order valence-corrected chi connectivity index (χ4v) is 1.25. The maximum absolute atomic E-state index is 11.1. The first-order valence-corrected chi connectivity index (χ1v) is 4.80. The average molecular weight is 218 g/mol. The lowest BCUT2D eigenvalue weighted by Crippen LogP contribution is -1.99. The van der Waals surface area contributed by atoms with Gasteiger partial charge in [-0.2, -0.15) is 0 Å². The summed E-state index contributed by atoms with van der Waals surface area (Å²) in [4.78, 5) is 26.0. The molecule has 2 heterocycles. The summed E-state index contributed by atoms with van der Waals surface area (Å²) in [5.74, 6) is -0.395. The Morgan fingerprint density at radius 1 is 1.50 bits per heavy atom. The Balaban J connectivity index is 2.27. The summed E-state index contributed by atoms with van der Waals surface area (Å²) >= 11 is 0. The van der Waals surface area contributed by atoms with E-state index >= 15 is 0 Å². The number of imidazole rings is 1. The number of nitrogens with zero attached hydrogens (tertiary/aromatic N) is 3. The molecule has 0 saturated heterocycles. The molecule has 0 atom stereocenters. The summed E-state index contributed by atoms with van der Waals surface area (Å²) in [6.07, 6.45) is 5.82. The van der Waals surface area contributed by atoms with Crippen LogP contribution in [0.15, 0.2) is 18.7 Å². The number of aromatic nitrogens is 4. The van der Waals surface area contributed by atoms with Gasteiger partial charge in [0, 0.05) is 6.08 Å². The molecule has 2 aromatic heterocycles.